The molecular formula is C15H32N2. The summed E-state index contributed by atoms with van der Waals surface area (Å²) < 4.78 is 0. The van der Waals surface area contributed by atoms with E-state index in [-0.39, 0.29) is 0 Å². The molecule has 0 spiro atoms. The van der Waals surface area contributed by atoms with Gasteiger partial charge in [0.15, 0.2) is 0 Å². The van der Waals surface area contributed by atoms with Crippen molar-refractivity contribution >= 4 is 0 Å². The van der Waals surface area contributed by atoms with E-state index in [4.69, 9.17) is 0 Å². The van der Waals surface area contributed by atoms with Gasteiger partial charge >= 0.3 is 0 Å². The SMILES string of the molecule is CCN(C1CCCC1)C(CNC(C)C)C(C)C. The van der Waals surface area contributed by atoms with E-state index >= 15 is 0 Å². The van der Waals surface area contributed by atoms with Crippen molar-refractivity contribution in [3.05, 3.63) is 0 Å². The molecule has 0 bridgehead atoms. The molecule has 1 N–H and O–H groups in total. The molecule has 0 aromatic heterocycles. The molecule has 0 heterocycles. The van der Waals surface area contributed by atoms with Crippen LogP contribution in [0.15, 0.2) is 0 Å². The Morgan fingerprint density at radius 3 is 2.12 bits per heavy atom. The van der Waals surface area contributed by atoms with Crippen LogP contribution in [0, 0.1) is 5.92 Å². The fourth-order valence-electron chi connectivity index (χ4n) is 3.09. The van der Waals surface area contributed by atoms with E-state index < -0.39 is 0 Å². The highest BCUT2D eigenvalue weighted by Gasteiger charge is 2.29. The zero-order chi connectivity index (χ0) is 12.8. The molecule has 0 saturated heterocycles. The summed E-state index contributed by atoms with van der Waals surface area (Å²) in [5.74, 6) is 0.738. The molecule has 17 heavy (non-hydrogen) atoms. The topological polar surface area (TPSA) is 15.3 Å². The summed E-state index contributed by atoms with van der Waals surface area (Å²) in [6, 6.07) is 2.14. The first-order chi connectivity index (χ1) is 8.06. The number of nitrogens with one attached hydrogen (secondary N) is 1. The van der Waals surface area contributed by atoms with Crippen molar-refractivity contribution in [2.45, 2.75) is 78.4 Å². The molecule has 2 heteroatoms. The maximum atomic E-state index is 3.62. The molecule has 0 amide bonds. The van der Waals surface area contributed by atoms with Crippen LogP contribution in [0.25, 0.3) is 0 Å². The van der Waals surface area contributed by atoms with Crippen LogP contribution >= 0.6 is 0 Å². The maximum Gasteiger partial charge on any atom is 0.0246 e. The predicted molar refractivity (Wildman–Crippen MR) is 76.4 cm³/mol. The van der Waals surface area contributed by atoms with Gasteiger partial charge in [-0.2, -0.15) is 0 Å². The van der Waals surface area contributed by atoms with E-state index in [0.717, 1.165) is 18.5 Å². The van der Waals surface area contributed by atoms with E-state index in [1.165, 1.54) is 32.2 Å². The first kappa shape index (κ1) is 15.0. The Balaban J connectivity index is 2.58. The lowest BCUT2D eigenvalue weighted by Crippen LogP contribution is -2.50. The molecule has 1 fully saturated rings. The van der Waals surface area contributed by atoms with Gasteiger partial charge < -0.3 is 5.32 Å². The third kappa shape index (κ3) is 4.59. The van der Waals surface area contributed by atoms with E-state index in [2.05, 4.69) is 44.8 Å². The van der Waals surface area contributed by atoms with Crippen LogP contribution in [0.3, 0.4) is 0 Å². The van der Waals surface area contributed by atoms with Crippen LogP contribution in [0.4, 0.5) is 0 Å². The van der Waals surface area contributed by atoms with Crippen LogP contribution in [0.2, 0.25) is 0 Å². The first-order valence-corrected chi connectivity index (χ1v) is 7.55. The normalized spacial score (nSPS) is 19.8. The van der Waals surface area contributed by atoms with Crippen molar-refractivity contribution in [2.75, 3.05) is 13.1 Å². The summed E-state index contributed by atoms with van der Waals surface area (Å²) in [6.45, 7) is 13.9. The molecule has 1 rings (SSSR count). The summed E-state index contributed by atoms with van der Waals surface area (Å²) >= 11 is 0. The molecule has 1 saturated carbocycles. The van der Waals surface area contributed by atoms with Gasteiger partial charge in [-0.3, -0.25) is 4.90 Å². The highest BCUT2D eigenvalue weighted by Crippen LogP contribution is 2.26. The number of nitrogens with zero attached hydrogens (tertiary/aromatic N) is 1. The molecule has 0 aromatic carbocycles. The third-order valence-corrected chi connectivity index (χ3v) is 4.09. The van der Waals surface area contributed by atoms with Gasteiger partial charge in [0.2, 0.25) is 0 Å². The van der Waals surface area contributed by atoms with Gasteiger partial charge in [-0.15, -0.1) is 0 Å². The second kappa shape index (κ2) is 7.38. The van der Waals surface area contributed by atoms with Crippen molar-refractivity contribution in [1.29, 1.82) is 0 Å². The van der Waals surface area contributed by atoms with Crippen molar-refractivity contribution in [2.24, 2.45) is 5.92 Å². The number of likely N-dealkylation sites (N-methyl/N-ethyl adjacent to an activating group) is 1. The Kier molecular flexibility index (Phi) is 6.50. The van der Waals surface area contributed by atoms with Crippen LogP contribution < -0.4 is 5.32 Å². The average molecular weight is 240 g/mol. The zero-order valence-corrected chi connectivity index (χ0v) is 12.5. The molecule has 1 unspecified atom stereocenters. The van der Waals surface area contributed by atoms with Gasteiger partial charge in [-0.05, 0) is 25.3 Å². The Morgan fingerprint density at radius 2 is 1.71 bits per heavy atom. The monoisotopic (exact) mass is 240 g/mol. The lowest BCUT2D eigenvalue weighted by Gasteiger charge is -2.38. The van der Waals surface area contributed by atoms with Crippen LogP contribution in [0.5, 0.6) is 0 Å². The first-order valence-electron chi connectivity index (χ1n) is 7.55. The summed E-state index contributed by atoms with van der Waals surface area (Å²) in [5, 5.41) is 3.62. The maximum absolute atomic E-state index is 3.62. The minimum Gasteiger partial charge on any atom is -0.313 e. The predicted octanol–water partition coefficient (Wildman–Crippen LogP) is 3.27. The summed E-state index contributed by atoms with van der Waals surface area (Å²) in [6.07, 6.45) is 5.70. The molecule has 2 nitrogen and oxygen atoms in total. The molecule has 1 aliphatic carbocycles. The van der Waals surface area contributed by atoms with E-state index in [9.17, 15) is 0 Å². The van der Waals surface area contributed by atoms with Crippen molar-refractivity contribution < 1.29 is 0 Å². The minimum absolute atomic E-state index is 0.596. The molecule has 1 aliphatic rings. The van der Waals surface area contributed by atoms with Crippen molar-refractivity contribution in [3.8, 4) is 0 Å². The van der Waals surface area contributed by atoms with E-state index in [1.807, 2.05) is 0 Å². The van der Waals surface area contributed by atoms with Crippen LogP contribution in [-0.4, -0.2) is 36.1 Å². The van der Waals surface area contributed by atoms with Crippen LogP contribution in [-0.2, 0) is 0 Å². The molecule has 0 radical (unpaired) electrons. The van der Waals surface area contributed by atoms with Gasteiger partial charge in [-0.25, -0.2) is 0 Å². The molecular weight excluding hydrogens is 208 g/mol. The number of rotatable bonds is 7. The zero-order valence-electron chi connectivity index (χ0n) is 12.5. The second-order valence-corrected chi connectivity index (χ2v) is 6.14. The Bertz CT molecular complexity index is 195. The van der Waals surface area contributed by atoms with Gasteiger partial charge in [0.25, 0.3) is 0 Å². The number of hydrogen-bond acceptors (Lipinski definition) is 2. The molecule has 0 aromatic rings. The van der Waals surface area contributed by atoms with Gasteiger partial charge in [0, 0.05) is 24.7 Å². The van der Waals surface area contributed by atoms with Crippen molar-refractivity contribution in [1.82, 2.24) is 10.2 Å². The Labute approximate surface area is 108 Å². The van der Waals surface area contributed by atoms with Gasteiger partial charge in [0.05, 0.1) is 0 Å². The fourth-order valence-corrected chi connectivity index (χ4v) is 3.09. The van der Waals surface area contributed by atoms with Crippen molar-refractivity contribution in [3.63, 3.8) is 0 Å². The van der Waals surface area contributed by atoms with Gasteiger partial charge in [0.1, 0.15) is 0 Å². The molecule has 1 atom stereocenters. The average Bonchev–Trinajstić information content (AvgIpc) is 2.76. The van der Waals surface area contributed by atoms with Crippen LogP contribution in [0.1, 0.15) is 60.3 Å². The summed E-state index contributed by atoms with van der Waals surface area (Å²) in [4.78, 5) is 2.76. The Morgan fingerprint density at radius 1 is 1.12 bits per heavy atom. The fraction of sp³-hybridized carbons (Fsp3) is 1.00. The van der Waals surface area contributed by atoms with Gasteiger partial charge in [-0.1, -0.05) is 47.5 Å². The highest BCUT2D eigenvalue weighted by molar-refractivity contribution is 4.85. The standard InChI is InChI=1S/C15H32N2/c1-6-17(14-9-7-8-10-14)15(12(2)3)11-16-13(4)5/h12-16H,6-11H2,1-5H3. The molecule has 102 valence electrons. The number of hydrogen-bond donors (Lipinski definition) is 1. The molecule has 0 aliphatic heterocycles. The highest BCUT2D eigenvalue weighted by atomic mass is 15.2. The lowest BCUT2D eigenvalue weighted by molar-refractivity contribution is 0.106. The quantitative estimate of drug-likeness (QED) is 0.735. The summed E-state index contributed by atoms with van der Waals surface area (Å²) in [5.41, 5.74) is 0. The lowest BCUT2D eigenvalue weighted by atomic mass is 9.99. The van der Waals surface area contributed by atoms with E-state index in [1.54, 1.807) is 0 Å². The van der Waals surface area contributed by atoms with E-state index in [0.29, 0.717) is 12.1 Å². The third-order valence-electron chi connectivity index (χ3n) is 4.09. The minimum atomic E-state index is 0.596. The smallest absolute Gasteiger partial charge is 0.0246 e. The summed E-state index contributed by atoms with van der Waals surface area (Å²) in [7, 11) is 0. The largest absolute Gasteiger partial charge is 0.313 e. The second-order valence-electron chi connectivity index (χ2n) is 6.14. The Hall–Kier alpha value is -0.0800.